The van der Waals surface area contributed by atoms with Gasteiger partial charge < -0.3 is 5.43 Å². The van der Waals surface area contributed by atoms with Gasteiger partial charge in [-0.15, -0.1) is 0 Å². The average molecular weight is 256 g/mol. The van der Waals surface area contributed by atoms with E-state index in [1.54, 1.807) is 18.2 Å². The summed E-state index contributed by atoms with van der Waals surface area (Å²) < 4.78 is 14.0. The Balaban J connectivity index is 2.47. The highest BCUT2D eigenvalue weighted by Crippen LogP contribution is 2.35. The Kier molecular flexibility index (Phi) is 3.77. The molecule has 1 heterocycles. The van der Waals surface area contributed by atoms with Crippen molar-refractivity contribution in [2.24, 2.45) is 16.9 Å². The molecule has 1 aromatic carbocycles. The number of nitrogens with one attached hydrogen (secondary N) is 1. The zero-order valence-corrected chi connectivity index (χ0v) is 10.5. The lowest BCUT2D eigenvalue weighted by Gasteiger charge is -2.24. The number of hydrazone groups is 1. The molecule has 0 amide bonds. The van der Waals surface area contributed by atoms with Crippen molar-refractivity contribution in [2.75, 3.05) is 6.54 Å². The number of rotatable bonds is 3. The van der Waals surface area contributed by atoms with Gasteiger partial charge in [-0.3, -0.25) is 0 Å². The van der Waals surface area contributed by atoms with E-state index in [4.69, 9.17) is 10.5 Å². The molecule has 4 nitrogen and oxygen atoms in total. The third kappa shape index (κ3) is 2.41. The van der Waals surface area contributed by atoms with Crippen LogP contribution in [0.15, 0.2) is 29.4 Å². The maximum absolute atomic E-state index is 14.0. The minimum atomic E-state index is -0.896. The van der Waals surface area contributed by atoms with Crippen LogP contribution in [0.3, 0.4) is 0 Å². The lowest BCUT2D eigenvalue weighted by atomic mass is 9.76. The maximum Gasteiger partial charge on any atom is 0.140 e. The molecule has 1 aliphatic heterocycles. The number of hydrogen-bond acceptors (Lipinski definition) is 4. The van der Waals surface area contributed by atoms with Crippen molar-refractivity contribution in [1.29, 1.82) is 10.5 Å². The van der Waals surface area contributed by atoms with Crippen LogP contribution in [0.25, 0.3) is 0 Å². The van der Waals surface area contributed by atoms with E-state index in [-0.39, 0.29) is 11.7 Å². The van der Waals surface area contributed by atoms with Crippen LogP contribution >= 0.6 is 0 Å². The smallest absolute Gasteiger partial charge is 0.140 e. The monoisotopic (exact) mass is 256 g/mol. The second kappa shape index (κ2) is 5.49. The molecule has 0 spiro atoms. The Bertz CT molecular complexity index is 568. The first-order chi connectivity index (χ1) is 9.19. The molecule has 19 heavy (non-hydrogen) atoms. The van der Waals surface area contributed by atoms with E-state index >= 15 is 0 Å². The van der Waals surface area contributed by atoms with Gasteiger partial charge in [0, 0.05) is 24.1 Å². The molecule has 0 radical (unpaired) electrons. The Morgan fingerprint density at radius 2 is 2.05 bits per heavy atom. The summed E-state index contributed by atoms with van der Waals surface area (Å²) in [5.41, 5.74) is 4.04. The number of hydrogen-bond donors (Lipinski definition) is 1. The van der Waals surface area contributed by atoms with Crippen LogP contribution in [0.4, 0.5) is 4.39 Å². The Labute approximate surface area is 111 Å². The van der Waals surface area contributed by atoms with E-state index in [2.05, 4.69) is 10.5 Å². The lowest BCUT2D eigenvalue weighted by molar-refractivity contribution is 0.463. The van der Waals surface area contributed by atoms with E-state index in [0.717, 1.165) is 5.71 Å². The van der Waals surface area contributed by atoms with Crippen molar-refractivity contribution in [1.82, 2.24) is 5.43 Å². The molecule has 2 atom stereocenters. The zero-order chi connectivity index (χ0) is 13.8. The first kappa shape index (κ1) is 13.0. The minimum absolute atomic E-state index is 0.138. The SMILES string of the molecule is CC1=NNC[C@@H]1[C@@H](c1ccccc1F)C(C#N)C#N. The van der Waals surface area contributed by atoms with Gasteiger partial charge in [0.2, 0.25) is 0 Å². The summed E-state index contributed by atoms with van der Waals surface area (Å²) in [6.07, 6.45) is 0. The van der Waals surface area contributed by atoms with E-state index in [9.17, 15) is 4.39 Å². The van der Waals surface area contributed by atoms with Gasteiger partial charge in [0.05, 0.1) is 12.1 Å². The van der Waals surface area contributed by atoms with Crippen molar-refractivity contribution >= 4 is 5.71 Å². The number of nitriles is 2. The normalized spacial score (nSPS) is 19.2. The fourth-order valence-corrected chi connectivity index (χ4v) is 2.45. The van der Waals surface area contributed by atoms with Crippen molar-refractivity contribution in [3.63, 3.8) is 0 Å². The van der Waals surface area contributed by atoms with E-state index < -0.39 is 11.8 Å². The summed E-state index contributed by atoms with van der Waals surface area (Å²) in [6, 6.07) is 10.2. The van der Waals surface area contributed by atoms with Gasteiger partial charge >= 0.3 is 0 Å². The second-order valence-corrected chi connectivity index (χ2v) is 4.51. The highest BCUT2D eigenvalue weighted by Gasteiger charge is 2.36. The van der Waals surface area contributed by atoms with Crippen LogP contribution in [0.2, 0.25) is 0 Å². The molecule has 0 aromatic heterocycles. The lowest BCUT2D eigenvalue weighted by Crippen LogP contribution is -2.28. The van der Waals surface area contributed by atoms with Gasteiger partial charge in [0.1, 0.15) is 11.7 Å². The molecular formula is C14H13FN4. The Hall–Kier alpha value is -2.40. The predicted octanol–water partition coefficient (Wildman–Crippen LogP) is 2.17. The minimum Gasteiger partial charge on any atom is -0.309 e. The third-order valence-electron chi connectivity index (χ3n) is 3.44. The molecule has 0 unspecified atom stereocenters. The van der Waals surface area contributed by atoms with Crippen LogP contribution in [-0.2, 0) is 0 Å². The molecule has 1 N–H and O–H groups in total. The number of halogens is 1. The van der Waals surface area contributed by atoms with Gasteiger partial charge in [-0.05, 0) is 18.6 Å². The van der Waals surface area contributed by atoms with Gasteiger partial charge in [-0.2, -0.15) is 15.6 Å². The molecule has 1 aromatic rings. The summed E-state index contributed by atoms with van der Waals surface area (Å²) in [5, 5.41) is 22.4. The van der Waals surface area contributed by atoms with Gasteiger partial charge in [0.25, 0.3) is 0 Å². The molecular weight excluding hydrogens is 243 g/mol. The summed E-state index contributed by atoms with van der Waals surface area (Å²) in [6.45, 7) is 2.34. The molecule has 0 fully saturated rings. The molecule has 1 aliphatic rings. The van der Waals surface area contributed by atoms with E-state index in [0.29, 0.717) is 12.1 Å². The van der Waals surface area contributed by atoms with E-state index in [1.165, 1.54) is 6.07 Å². The molecule has 2 rings (SSSR count). The molecule has 5 heteroatoms. The highest BCUT2D eigenvalue weighted by molar-refractivity contribution is 5.86. The number of nitrogens with zero attached hydrogens (tertiary/aromatic N) is 3. The zero-order valence-electron chi connectivity index (χ0n) is 10.5. The molecule has 0 saturated heterocycles. The predicted molar refractivity (Wildman–Crippen MR) is 68.5 cm³/mol. The van der Waals surface area contributed by atoms with Crippen LogP contribution in [0.5, 0.6) is 0 Å². The van der Waals surface area contributed by atoms with Crippen molar-refractivity contribution in [3.8, 4) is 12.1 Å². The summed E-state index contributed by atoms with van der Waals surface area (Å²) in [4.78, 5) is 0. The van der Waals surface area contributed by atoms with Crippen molar-refractivity contribution in [3.05, 3.63) is 35.6 Å². The van der Waals surface area contributed by atoms with Crippen LogP contribution in [0.1, 0.15) is 18.4 Å². The standard InChI is InChI=1S/C14H13FN4/c1-9-12(8-18-19-9)14(10(6-16)7-17)11-4-2-3-5-13(11)15/h2-5,10,12,14,18H,8H2,1H3/t12-,14+/m0/s1. The van der Waals surface area contributed by atoms with Gasteiger partial charge in [-0.25, -0.2) is 4.39 Å². The first-order valence-corrected chi connectivity index (χ1v) is 5.99. The summed E-state index contributed by atoms with van der Waals surface area (Å²) in [7, 11) is 0. The fraction of sp³-hybridized carbons (Fsp3) is 0.357. The molecule has 0 bridgehead atoms. The van der Waals surface area contributed by atoms with Crippen LogP contribution in [0, 0.1) is 40.3 Å². The van der Waals surface area contributed by atoms with E-state index in [1.807, 2.05) is 19.1 Å². The average Bonchev–Trinajstić information content (AvgIpc) is 2.83. The Morgan fingerprint density at radius 1 is 1.37 bits per heavy atom. The van der Waals surface area contributed by atoms with Gasteiger partial charge in [-0.1, -0.05) is 18.2 Å². The second-order valence-electron chi connectivity index (χ2n) is 4.51. The quantitative estimate of drug-likeness (QED) is 0.900. The molecule has 0 aliphatic carbocycles. The topological polar surface area (TPSA) is 72.0 Å². The molecule has 0 saturated carbocycles. The highest BCUT2D eigenvalue weighted by atomic mass is 19.1. The Morgan fingerprint density at radius 3 is 2.58 bits per heavy atom. The summed E-state index contributed by atoms with van der Waals surface area (Å²) >= 11 is 0. The largest absolute Gasteiger partial charge is 0.309 e. The maximum atomic E-state index is 14.0. The number of benzene rings is 1. The first-order valence-electron chi connectivity index (χ1n) is 5.99. The third-order valence-corrected chi connectivity index (χ3v) is 3.44. The van der Waals surface area contributed by atoms with Gasteiger partial charge in [0.15, 0.2) is 0 Å². The van der Waals surface area contributed by atoms with Crippen molar-refractivity contribution < 1.29 is 4.39 Å². The summed E-state index contributed by atoms with van der Waals surface area (Å²) in [5.74, 6) is -1.93. The molecule has 96 valence electrons. The fourth-order valence-electron chi connectivity index (χ4n) is 2.45. The van der Waals surface area contributed by atoms with Crippen LogP contribution in [-0.4, -0.2) is 12.3 Å². The van der Waals surface area contributed by atoms with Crippen LogP contribution < -0.4 is 5.43 Å². The van der Waals surface area contributed by atoms with Crippen molar-refractivity contribution in [2.45, 2.75) is 12.8 Å².